The molecule has 0 bridgehead atoms. The van der Waals surface area contributed by atoms with E-state index in [2.05, 4.69) is 5.32 Å². The molecule has 0 spiro atoms. The molecule has 1 fully saturated rings. The van der Waals surface area contributed by atoms with Gasteiger partial charge in [0.25, 0.3) is 5.24 Å². The molecular weight excluding hydrogens is 174 g/mol. The van der Waals surface area contributed by atoms with Gasteiger partial charge in [-0.2, -0.15) is 0 Å². The highest BCUT2D eigenvalue weighted by atomic mass is 32.2. The van der Waals surface area contributed by atoms with Crippen LogP contribution in [0.25, 0.3) is 0 Å². The van der Waals surface area contributed by atoms with Crippen molar-refractivity contribution in [3.8, 4) is 0 Å². The van der Waals surface area contributed by atoms with E-state index >= 15 is 0 Å². The lowest BCUT2D eigenvalue weighted by molar-refractivity contribution is -0.127. The van der Waals surface area contributed by atoms with Crippen molar-refractivity contribution in [3.05, 3.63) is 0 Å². The number of amides is 1. The molecular formula is C8H13NO2S. The molecule has 0 radical (unpaired) electrons. The first-order valence-electron chi connectivity index (χ1n) is 3.89. The lowest BCUT2D eigenvalue weighted by Gasteiger charge is -2.20. The van der Waals surface area contributed by atoms with E-state index in [1.165, 1.54) is 11.8 Å². The van der Waals surface area contributed by atoms with Crippen molar-refractivity contribution in [3.63, 3.8) is 0 Å². The summed E-state index contributed by atoms with van der Waals surface area (Å²) in [7, 11) is 0. The largest absolute Gasteiger partial charge is 0.336 e. The summed E-state index contributed by atoms with van der Waals surface area (Å²) < 4.78 is 0. The molecule has 0 saturated carbocycles. The van der Waals surface area contributed by atoms with E-state index in [-0.39, 0.29) is 22.5 Å². The monoisotopic (exact) mass is 187 g/mol. The van der Waals surface area contributed by atoms with Gasteiger partial charge in [0.1, 0.15) is 0 Å². The standard InChI is InChI=1S/C8H13NO2S/c1-8(2,3)6(10)5-4-12-7(11)9-5/h5H,4H2,1-3H3,(H,9,11)/t5-/m0/s1. The summed E-state index contributed by atoms with van der Waals surface area (Å²) in [4.78, 5) is 22.4. The first kappa shape index (κ1) is 9.58. The molecule has 3 nitrogen and oxygen atoms in total. The Morgan fingerprint density at radius 1 is 1.58 bits per heavy atom. The Kier molecular flexibility index (Phi) is 2.46. The second-order valence-electron chi connectivity index (χ2n) is 3.91. The second-order valence-corrected chi connectivity index (χ2v) is 4.90. The number of thioether (sulfide) groups is 1. The average molecular weight is 187 g/mol. The lowest BCUT2D eigenvalue weighted by atomic mass is 9.87. The molecule has 0 aromatic carbocycles. The Bertz CT molecular complexity index is 220. The minimum Gasteiger partial charge on any atom is -0.336 e. The van der Waals surface area contributed by atoms with Gasteiger partial charge in [0.05, 0.1) is 6.04 Å². The Labute approximate surface area is 76.3 Å². The minimum absolute atomic E-state index is 0.0856. The van der Waals surface area contributed by atoms with Crippen LogP contribution in [0.2, 0.25) is 0 Å². The van der Waals surface area contributed by atoms with Gasteiger partial charge in [-0.15, -0.1) is 0 Å². The third-order valence-electron chi connectivity index (χ3n) is 1.73. The average Bonchev–Trinajstić information content (AvgIpc) is 2.32. The fourth-order valence-electron chi connectivity index (χ4n) is 1.05. The van der Waals surface area contributed by atoms with Gasteiger partial charge in [-0.1, -0.05) is 32.5 Å². The Balaban J connectivity index is 2.61. The molecule has 1 saturated heterocycles. The van der Waals surface area contributed by atoms with Crippen molar-refractivity contribution >= 4 is 22.8 Å². The molecule has 1 rings (SSSR count). The molecule has 12 heavy (non-hydrogen) atoms. The lowest BCUT2D eigenvalue weighted by Crippen LogP contribution is -2.41. The molecule has 1 aliphatic rings. The van der Waals surface area contributed by atoms with Gasteiger partial charge in [-0.25, -0.2) is 0 Å². The third kappa shape index (κ3) is 2.00. The van der Waals surface area contributed by atoms with Crippen LogP contribution in [0.5, 0.6) is 0 Å². The number of ketones is 1. The molecule has 0 aliphatic carbocycles. The fourth-order valence-corrected chi connectivity index (χ4v) is 1.83. The third-order valence-corrected chi connectivity index (χ3v) is 2.61. The van der Waals surface area contributed by atoms with Crippen molar-refractivity contribution in [1.82, 2.24) is 5.32 Å². The first-order valence-corrected chi connectivity index (χ1v) is 4.87. The smallest absolute Gasteiger partial charge is 0.279 e. The summed E-state index contributed by atoms with van der Waals surface area (Å²) >= 11 is 1.18. The van der Waals surface area contributed by atoms with Gasteiger partial charge in [0.2, 0.25) is 0 Å². The van der Waals surface area contributed by atoms with Gasteiger partial charge >= 0.3 is 0 Å². The number of hydrogen-bond acceptors (Lipinski definition) is 3. The van der Waals surface area contributed by atoms with Crippen LogP contribution in [0.4, 0.5) is 4.79 Å². The van der Waals surface area contributed by atoms with Crippen LogP contribution >= 0.6 is 11.8 Å². The SMILES string of the molecule is CC(C)(C)C(=O)[C@@H]1CSC(=O)N1. The van der Waals surface area contributed by atoms with Crippen LogP contribution in [0, 0.1) is 5.41 Å². The molecule has 1 heterocycles. The number of carbonyl (C=O) groups excluding carboxylic acids is 2. The molecule has 1 aliphatic heterocycles. The molecule has 1 N–H and O–H groups in total. The van der Waals surface area contributed by atoms with E-state index in [1.54, 1.807) is 0 Å². The van der Waals surface area contributed by atoms with Crippen molar-refractivity contribution in [2.24, 2.45) is 5.41 Å². The molecule has 4 heteroatoms. The maximum atomic E-state index is 11.6. The van der Waals surface area contributed by atoms with Crippen molar-refractivity contribution in [2.45, 2.75) is 26.8 Å². The zero-order chi connectivity index (χ0) is 9.35. The number of nitrogens with one attached hydrogen (secondary N) is 1. The van der Waals surface area contributed by atoms with Crippen LogP contribution in [0.1, 0.15) is 20.8 Å². The highest BCUT2D eigenvalue weighted by molar-refractivity contribution is 8.14. The van der Waals surface area contributed by atoms with Crippen LogP contribution in [0.15, 0.2) is 0 Å². The molecule has 1 atom stereocenters. The van der Waals surface area contributed by atoms with Gasteiger partial charge in [0.15, 0.2) is 5.78 Å². The van der Waals surface area contributed by atoms with Crippen LogP contribution in [-0.2, 0) is 4.79 Å². The van der Waals surface area contributed by atoms with Crippen LogP contribution in [-0.4, -0.2) is 22.8 Å². The van der Waals surface area contributed by atoms with E-state index < -0.39 is 0 Å². The molecule has 0 aromatic rings. The Morgan fingerprint density at radius 3 is 2.50 bits per heavy atom. The quantitative estimate of drug-likeness (QED) is 0.675. The summed E-state index contributed by atoms with van der Waals surface area (Å²) in [5.74, 6) is 0.690. The summed E-state index contributed by atoms with van der Waals surface area (Å²) in [5, 5.41) is 2.55. The van der Waals surface area contributed by atoms with Crippen LogP contribution in [0.3, 0.4) is 0 Å². The van der Waals surface area contributed by atoms with Crippen molar-refractivity contribution in [1.29, 1.82) is 0 Å². The van der Waals surface area contributed by atoms with E-state index in [4.69, 9.17) is 0 Å². The normalized spacial score (nSPS) is 23.9. The summed E-state index contributed by atoms with van der Waals surface area (Å²) in [6, 6.07) is -0.275. The Morgan fingerprint density at radius 2 is 2.17 bits per heavy atom. The van der Waals surface area contributed by atoms with Gasteiger partial charge in [0, 0.05) is 11.2 Å². The number of hydrogen-bond donors (Lipinski definition) is 1. The second kappa shape index (κ2) is 3.09. The predicted molar refractivity (Wildman–Crippen MR) is 49.2 cm³/mol. The van der Waals surface area contributed by atoms with Crippen molar-refractivity contribution < 1.29 is 9.59 Å². The maximum absolute atomic E-state index is 11.6. The van der Waals surface area contributed by atoms with E-state index in [1.807, 2.05) is 20.8 Å². The summed E-state index contributed by atoms with van der Waals surface area (Å²) in [5.41, 5.74) is -0.358. The van der Waals surface area contributed by atoms with E-state index in [9.17, 15) is 9.59 Å². The Hall–Kier alpha value is -0.510. The van der Waals surface area contributed by atoms with Crippen LogP contribution < -0.4 is 5.32 Å². The molecule has 0 aromatic heterocycles. The highest BCUT2D eigenvalue weighted by Gasteiger charge is 2.34. The number of carbonyl (C=O) groups is 2. The minimum atomic E-state index is -0.358. The highest BCUT2D eigenvalue weighted by Crippen LogP contribution is 2.22. The molecule has 1 amide bonds. The topological polar surface area (TPSA) is 46.2 Å². The summed E-state index contributed by atoms with van der Waals surface area (Å²) in [6.07, 6.45) is 0. The zero-order valence-corrected chi connectivity index (χ0v) is 8.33. The predicted octanol–water partition coefficient (Wildman–Crippen LogP) is 1.43. The van der Waals surface area contributed by atoms with E-state index in [0.29, 0.717) is 5.75 Å². The van der Waals surface area contributed by atoms with Crippen molar-refractivity contribution in [2.75, 3.05) is 5.75 Å². The zero-order valence-electron chi connectivity index (χ0n) is 7.51. The van der Waals surface area contributed by atoms with E-state index in [0.717, 1.165) is 0 Å². The number of Topliss-reactive ketones (excluding diaryl/α,β-unsaturated/α-hetero) is 1. The fraction of sp³-hybridized carbons (Fsp3) is 0.750. The molecule has 68 valence electrons. The number of rotatable bonds is 1. The maximum Gasteiger partial charge on any atom is 0.279 e. The summed E-state index contributed by atoms with van der Waals surface area (Å²) in [6.45, 7) is 5.60. The van der Waals surface area contributed by atoms with Gasteiger partial charge in [-0.05, 0) is 0 Å². The first-order chi connectivity index (χ1) is 5.41. The molecule has 0 unspecified atom stereocenters. The van der Waals surface area contributed by atoms with Gasteiger partial charge in [-0.3, -0.25) is 9.59 Å². The van der Waals surface area contributed by atoms with Gasteiger partial charge < -0.3 is 5.32 Å².